The minimum atomic E-state index is -1.02. The molecule has 0 unspecified atom stereocenters. The Morgan fingerprint density at radius 3 is 2.55 bits per heavy atom. The third kappa shape index (κ3) is 7.21. The highest BCUT2D eigenvalue weighted by atomic mass is 16.4. The number of carboxylic acid groups (broad SMARTS) is 1. The van der Waals surface area contributed by atoms with Crippen LogP contribution >= 0.6 is 0 Å². The zero-order valence-electron chi connectivity index (χ0n) is 16.7. The van der Waals surface area contributed by atoms with Crippen molar-refractivity contribution in [2.45, 2.75) is 57.5 Å². The maximum absolute atomic E-state index is 13.1. The van der Waals surface area contributed by atoms with Gasteiger partial charge in [0.25, 0.3) is 0 Å². The van der Waals surface area contributed by atoms with E-state index in [2.05, 4.69) is 10.6 Å². The topological polar surface area (TPSA) is 116 Å². The molecule has 1 aliphatic heterocycles. The zero-order chi connectivity index (χ0) is 21.2. The quantitative estimate of drug-likeness (QED) is 0.506. The molecule has 8 nitrogen and oxygen atoms in total. The lowest BCUT2D eigenvalue weighted by molar-refractivity contribution is -0.149. The summed E-state index contributed by atoms with van der Waals surface area (Å²) >= 11 is 0. The Morgan fingerprint density at radius 1 is 1.17 bits per heavy atom. The number of likely N-dealkylation sites (tertiary alicyclic amines) is 1. The third-order valence-corrected chi connectivity index (χ3v) is 4.94. The molecule has 3 N–H and O–H groups in total. The molecule has 1 aliphatic rings. The lowest BCUT2D eigenvalue weighted by Crippen LogP contribution is -2.52. The molecular formula is C21H29N3O5. The number of carbonyl (C=O) groups is 4. The molecule has 0 aliphatic carbocycles. The number of carbonyl (C=O) groups excluding carboxylic acids is 3. The maximum Gasteiger partial charge on any atom is 0.326 e. The molecule has 0 aromatic heterocycles. The molecule has 1 aromatic carbocycles. The molecule has 1 aromatic rings. The summed E-state index contributed by atoms with van der Waals surface area (Å²) in [6, 6.07) is 7.69. The van der Waals surface area contributed by atoms with Gasteiger partial charge in [0.05, 0.1) is 0 Å². The number of amides is 3. The van der Waals surface area contributed by atoms with E-state index in [9.17, 15) is 24.3 Å². The first kappa shape index (κ1) is 22.4. The summed E-state index contributed by atoms with van der Waals surface area (Å²) in [4.78, 5) is 49.1. The fraction of sp³-hybridized carbons (Fsp3) is 0.524. The summed E-state index contributed by atoms with van der Waals surface area (Å²) < 4.78 is 0. The Balaban J connectivity index is 1.99. The standard InChI is InChI=1S/C21H29N3O5/c1-15(25)22-12-6-5-11-19(26)23-17(14-16-8-3-2-4-9-16)20(27)24-13-7-10-18(24)21(28)29/h2-4,8-9,17-18H,5-7,10-14H2,1H3,(H,22,25)(H,23,26)(H,28,29)/t17-,18+/m1/s1. The second-order valence-corrected chi connectivity index (χ2v) is 7.28. The number of benzene rings is 1. The second-order valence-electron chi connectivity index (χ2n) is 7.28. The number of hydrogen-bond donors (Lipinski definition) is 3. The van der Waals surface area contributed by atoms with Crippen molar-refractivity contribution in [1.29, 1.82) is 0 Å². The highest BCUT2D eigenvalue weighted by molar-refractivity contribution is 5.91. The lowest BCUT2D eigenvalue weighted by atomic mass is 10.0. The maximum atomic E-state index is 13.1. The number of carboxylic acids is 1. The molecule has 158 valence electrons. The summed E-state index contributed by atoms with van der Waals surface area (Å²) in [6.07, 6.45) is 2.85. The average Bonchev–Trinajstić information content (AvgIpc) is 3.17. The van der Waals surface area contributed by atoms with Gasteiger partial charge in [-0.3, -0.25) is 14.4 Å². The van der Waals surface area contributed by atoms with Crippen molar-refractivity contribution in [2.24, 2.45) is 0 Å². The highest BCUT2D eigenvalue weighted by Gasteiger charge is 2.37. The van der Waals surface area contributed by atoms with E-state index in [4.69, 9.17) is 0 Å². The van der Waals surface area contributed by atoms with Gasteiger partial charge in [-0.25, -0.2) is 4.79 Å². The molecule has 0 spiro atoms. The summed E-state index contributed by atoms with van der Waals surface area (Å²) in [5.41, 5.74) is 0.892. The molecule has 8 heteroatoms. The van der Waals surface area contributed by atoms with Gasteiger partial charge in [0.2, 0.25) is 17.7 Å². The van der Waals surface area contributed by atoms with Gasteiger partial charge in [0.1, 0.15) is 12.1 Å². The first-order valence-corrected chi connectivity index (χ1v) is 9.99. The van der Waals surface area contributed by atoms with Crippen LogP contribution in [0.2, 0.25) is 0 Å². The first-order chi connectivity index (χ1) is 13.9. The van der Waals surface area contributed by atoms with Crippen molar-refractivity contribution < 1.29 is 24.3 Å². The fourth-order valence-corrected chi connectivity index (χ4v) is 3.48. The van der Waals surface area contributed by atoms with Gasteiger partial charge in [-0.05, 0) is 31.2 Å². The molecule has 1 fully saturated rings. The van der Waals surface area contributed by atoms with Crippen molar-refractivity contribution >= 4 is 23.7 Å². The Bertz CT molecular complexity index is 722. The van der Waals surface area contributed by atoms with E-state index in [1.54, 1.807) is 0 Å². The van der Waals surface area contributed by atoms with Crippen molar-refractivity contribution in [2.75, 3.05) is 13.1 Å². The molecule has 1 heterocycles. The van der Waals surface area contributed by atoms with Gasteiger partial charge in [0.15, 0.2) is 0 Å². The molecule has 0 saturated carbocycles. The van der Waals surface area contributed by atoms with Crippen LogP contribution in [-0.2, 0) is 25.6 Å². The monoisotopic (exact) mass is 403 g/mol. The SMILES string of the molecule is CC(=O)NCCCCC(=O)N[C@H](Cc1ccccc1)C(=O)N1CCC[C@H]1C(=O)O. The van der Waals surface area contributed by atoms with Crippen LogP contribution in [0.1, 0.15) is 44.6 Å². The molecule has 0 bridgehead atoms. The smallest absolute Gasteiger partial charge is 0.326 e. The van der Waals surface area contributed by atoms with Gasteiger partial charge in [-0.15, -0.1) is 0 Å². The number of aliphatic carboxylic acids is 1. The predicted octanol–water partition coefficient (Wildman–Crippen LogP) is 1.10. The van der Waals surface area contributed by atoms with E-state index in [-0.39, 0.29) is 24.1 Å². The molecule has 1 saturated heterocycles. The van der Waals surface area contributed by atoms with Crippen molar-refractivity contribution in [3.63, 3.8) is 0 Å². The Labute approximate surface area is 170 Å². The summed E-state index contributed by atoms with van der Waals surface area (Å²) in [5, 5.41) is 14.8. The summed E-state index contributed by atoms with van der Waals surface area (Å²) in [7, 11) is 0. The zero-order valence-corrected chi connectivity index (χ0v) is 16.7. The van der Waals surface area contributed by atoms with Crippen LogP contribution < -0.4 is 10.6 Å². The van der Waals surface area contributed by atoms with E-state index < -0.39 is 18.1 Å². The van der Waals surface area contributed by atoms with Gasteiger partial charge < -0.3 is 20.6 Å². The molecule has 3 amide bonds. The van der Waals surface area contributed by atoms with Crippen molar-refractivity contribution in [1.82, 2.24) is 15.5 Å². The Hall–Kier alpha value is -2.90. The van der Waals surface area contributed by atoms with E-state index >= 15 is 0 Å². The fourth-order valence-electron chi connectivity index (χ4n) is 3.48. The van der Waals surface area contributed by atoms with Crippen LogP contribution in [0.3, 0.4) is 0 Å². The number of hydrogen-bond acceptors (Lipinski definition) is 4. The molecule has 2 rings (SSSR count). The molecule has 29 heavy (non-hydrogen) atoms. The summed E-state index contributed by atoms with van der Waals surface area (Å²) in [6.45, 7) is 2.33. The van der Waals surface area contributed by atoms with Crippen LogP contribution in [-0.4, -0.2) is 58.9 Å². The van der Waals surface area contributed by atoms with Gasteiger partial charge in [0, 0.05) is 32.9 Å². The minimum absolute atomic E-state index is 0.110. The minimum Gasteiger partial charge on any atom is -0.480 e. The van der Waals surface area contributed by atoms with Crippen LogP contribution in [0, 0.1) is 0 Å². The Morgan fingerprint density at radius 2 is 1.90 bits per heavy atom. The van der Waals surface area contributed by atoms with E-state index in [0.717, 1.165) is 5.56 Å². The van der Waals surface area contributed by atoms with Crippen molar-refractivity contribution in [3.05, 3.63) is 35.9 Å². The number of nitrogens with zero attached hydrogens (tertiary/aromatic N) is 1. The van der Waals surface area contributed by atoms with Crippen LogP contribution in [0.5, 0.6) is 0 Å². The van der Waals surface area contributed by atoms with Crippen molar-refractivity contribution in [3.8, 4) is 0 Å². The largest absolute Gasteiger partial charge is 0.480 e. The Kier molecular flexibility index (Phi) is 8.64. The van der Waals surface area contributed by atoms with Crippen LogP contribution in [0.15, 0.2) is 30.3 Å². The van der Waals surface area contributed by atoms with Crippen LogP contribution in [0.4, 0.5) is 0 Å². The van der Waals surface area contributed by atoms with Gasteiger partial charge in [-0.2, -0.15) is 0 Å². The average molecular weight is 403 g/mol. The van der Waals surface area contributed by atoms with E-state index in [1.807, 2.05) is 30.3 Å². The molecule has 0 radical (unpaired) electrons. The second kappa shape index (κ2) is 11.2. The number of nitrogens with one attached hydrogen (secondary N) is 2. The predicted molar refractivity (Wildman–Crippen MR) is 107 cm³/mol. The normalized spacial score (nSPS) is 16.9. The van der Waals surface area contributed by atoms with E-state index in [1.165, 1.54) is 11.8 Å². The summed E-state index contributed by atoms with van der Waals surface area (Å²) in [5.74, 6) is -1.74. The third-order valence-electron chi connectivity index (χ3n) is 4.94. The molecule has 2 atom stereocenters. The van der Waals surface area contributed by atoms with Gasteiger partial charge in [-0.1, -0.05) is 30.3 Å². The van der Waals surface area contributed by atoms with E-state index in [0.29, 0.717) is 45.2 Å². The van der Waals surface area contributed by atoms with Crippen LogP contribution in [0.25, 0.3) is 0 Å². The van der Waals surface area contributed by atoms with Gasteiger partial charge >= 0.3 is 5.97 Å². The molecular weight excluding hydrogens is 374 g/mol. The highest BCUT2D eigenvalue weighted by Crippen LogP contribution is 2.19. The number of rotatable bonds is 10. The number of unbranched alkanes of at least 4 members (excludes halogenated alkanes) is 1. The lowest BCUT2D eigenvalue weighted by Gasteiger charge is -2.27. The first-order valence-electron chi connectivity index (χ1n) is 9.99.